The van der Waals surface area contributed by atoms with Crippen LogP contribution in [0.3, 0.4) is 0 Å². The Labute approximate surface area is 142 Å². The fraction of sp³-hybridized carbons (Fsp3) is 0.0952. The van der Waals surface area contributed by atoms with Crippen LogP contribution >= 0.6 is 0 Å². The zero-order valence-electron chi connectivity index (χ0n) is 13.8. The number of rotatable bonds is 5. The number of hydrogen-bond acceptors (Lipinski definition) is 3. The van der Waals surface area contributed by atoms with E-state index in [1.165, 1.54) is 0 Å². The average Bonchev–Trinajstić information content (AvgIpc) is 2.67. The molecule has 0 aliphatic heterocycles. The quantitative estimate of drug-likeness (QED) is 0.668. The first-order valence-corrected chi connectivity index (χ1v) is 7.72. The maximum Gasteiger partial charge on any atom is 0.126 e. The third-order valence-corrected chi connectivity index (χ3v) is 3.75. The fourth-order valence-electron chi connectivity index (χ4n) is 2.47. The molecule has 0 atom stereocenters. The van der Waals surface area contributed by atoms with Crippen molar-refractivity contribution < 1.29 is 9.47 Å². The van der Waals surface area contributed by atoms with Crippen molar-refractivity contribution in [2.45, 2.75) is 0 Å². The highest BCUT2D eigenvalue weighted by molar-refractivity contribution is 5.75. The van der Waals surface area contributed by atoms with Gasteiger partial charge in [-0.15, -0.1) is 0 Å². The number of methoxy groups -OCH3 is 2. The topological polar surface area (TPSA) is 31.4 Å². The van der Waals surface area contributed by atoms with Crippen molar-refractivity contribution >= 4 is 12.2 Å². The van der Waals surface area contributed by atoms with Gasteiger partial charge in [-0.05, 0) is 35.9 Å². The molecule has 0 aliphatic carbocycles. The van der Waals surface area contributed by atoms with Crippen molar-refractivity contribution in [1.82, 2.24) is 4.98 Å². The Morgan fingerprint density at radius 2 is 1.67 bits per heavy atom. The van der Waals surface area contributed by atoms with Crippen LogP contribution in [0.5, 0.6) is 11.5 Å². The molecule has 0 bridgehead atoms. The first-order valence-electron chi connectivity index (χ1n) is 7.72. The molecule has 24 heavy (non-hydrogen) atoms. The van der Waals surface area contributed by atoms with E-state index in [-0.39, 0.29) is 0 Å². The van der Waals surface area contributed by atoms with Crippen LogP contribution in [0, 0.1) is 0 Å². The minimum atomic E-state index is 0.801. The molecule has 0 radical (unpaired) electrons. The zero-order valence-corrected chi connectivity index (χ0v) is 13.8. The molecular formula is C21H19NO2. The van der Waals surface area contributed by atoms with E-state index in [1.54, 1.807) is 14.2 Å². The molecule has 1 heterocycles. The van der Waals surface area contributed by atoms with Crippen LogP contribution in [0.15, 0.2) is 66.9 Å². The van der Waals surface area contributed by atoms with Crippen LogP contribution in [0.1, 0.15) is 11.1 Å². The van der Waals surface area contributed by atoms with Gasteiger partial charge in [0.25, 0.3) is 0 Å². The van der Waals surface area contributed by atoms with Gasteiger partial charge in [-0.25, -0.2) is 0 Å². The van der Waals surface area contributed by atoms with Crippen molar-refractivity contribution in [3.63, 3.8) is 0 Å². The van der Waals surface area contributed by atoms with E-state index in [0.717, 1.165) is 33.9 Å². The number of aromatic nitrogens is 1. The summed E-state index contributed by atoms with van der Waals surface area (Å²) in [5, 5.41) is 0. The summed E-state index contributed by atoms with van der Waals surface area (Å²) in [5.74, 6) is 1.61. The maximum atomic E-state index is 5.41. The Kier molecular flexibility index (Phi) is 4.92. The number of ether oxygens (including phenoxy) is 2. The number of nitrogens with zero attached hydrogens (tertiary/aromatic N) is 1. The smallest absolute Gasteiger partial charge is 0.126 e. The van der Waals surface area contributed by atoms with Crippen LogP contribution in [0.4, 0.5) is 0 Å². The SMILES string of the molecule is COc1ccc(OC)c(/C=C/c2ccnc(-c3ccccc3)c2)c1. The van der Waals surface area contributed by atoms with Gasteiger partial charge in [-0.3, -0.25) is 4.98 Å². The monoisotopic (exact) mass is 317 g/mol. The second-order valence-corrected chi connectivity index (χ2v) is 5.28. The van der Waals surface area contributed by atoms with E-state index in [2.05, 4.69) is 23.2 Å². The molecule has 3 rings (SSSR count). The molecule has 1 aromatic heterocycles. The average molecular weight is 317 g/mol. The highest BCUT2D eigenvalue weighted by Crippen LogP contribution is 2.26. The van der Waals surface area contributed by atoms with E-state index < -0.39 is 0 Å². The lowest BCUT2D eigenvalue weighted by atomic mass is 10.1. The molecular weight excluding hydrogens is 298 g/mol. The summed E-state index contributed by atoms with van der Waals surface area (Å²) in [6.07, 6.45) is 5.89. The summed E-state index contributed by atoms with van der Waals surface area (Å²) in [4.78, 5) is 4.45. The number of hydrogen-bond donors (Lipinski definition) is 0. The molecule has 0 spiro atoms. The summed E-state index contributed by atoms with van der Waals surface area (Å²) in [7, 11) is 3.32. The molecule has 120 valence electrons. The molecule has 0 unspecified atom stereocenters. The summed E-state index contributed by atoms with van der Waals surface area (Å²) < 4.78 is 10.7. The molecule has 3 heteroatoms. The summed E-state index contributed by atoms with van der Waals surface area (Å²) >= 11 is 0. The van der Waals surface area contributed by atoms with Crippen molar-refractivity contribution in [3.8, 4) is 22.8 Å². The van der Waals surface area contributed by atoms with Crippen LogP contribution in [-0.4, -0.2) is 19.2 Å². The predicted molar refractivity (Wildman–Crippen MR) is 98.1 cm³/mol. The lowest BCUT2D eigenvalue weighted by molar-refractivity contribution is 0.402. The van der Waals surface area contributed by atoms with E-state index in [0.29, 0.717) is 0 Å². The van der Waals surface area contributed by atoms with Gasteiger partial charge >= 0.3 is 0 Å². The van der Waals surface area contributed by atoms with Crippen LogP contribution < -0.4 is 9.47 Å². The molecule has 0 aliphatic rings. The second kappa shape index (κ2) is 7.47. The van der Waals surface area contributed by atoms with Crippen molar-refractivity contribution in [2.75, 3.05) is 14.2 Å². The Morgan fingerprint density at radius 3 is 2.42 bits per heavy atom. The molecule has 3 nitrogen and oxygen atoms in total. The Morgan fingerprint density at radius 1 is 0.833 bits per heavy atom. The Bertz CT molecular complexity index is 841. The lowest BCUT2D eigenvalue weighted by Gasteiger charge is -2.07. The minimum Gasteiger partial charge on any atom is -0.497 e. The largest absolute Gasteiger partial charge is 0.497 e. The van der Waals surface area contributed by atoms with Gasteiger partial charge in [-0.1, -0.05) is 42.5 Å². The van der Waals surface area contributed by atoms with Crippen molar-refractivity contribution in [3.05, 3.63) is 78.0 Å². The summed E-state index contributed by atoms with van der Waals surface area (Å²) in [5.41, 5.74) is 4.10. The van der Waals surface area contributed by atoms with Gasteiger partial charge in [0.1, 0.15) is 11.5 Å². The van der Waals surface area contributed by atoms with Gasteiger partial charge in [0.2, 0.25) is 0 Å². The minimum absolute atomic E-state index is 0.801. The highest BCUT2D eigenvalue weighted by Gasteiger charge is 2.02. The van der Waals surface area contributed by atoms with Crippen molar-refractivity contribution in [2.24, 2.45) is 0 Å². The van der Waals surface area contributed by atoms with E-state index in [9.17, 15) is 0 Å². The van der Waals surface area contributed by atoms with Gasteiger partial charge in [0.15, 0.2) is 0 Å². The fourth-order valence-corrected chi connectivity index (χ4v) is 2.47. The molecule has 0 fully saturated rings. The third-order valence-electron chi connectivity index (χ3n) is 3.75. The first kappa shape index (κ1) is 15.8. The summed E-state index contributed by atoms with van der Waals surface area (Å²) in [6.45, 7) is 0. The predicted octanol–water partition coefficient (Wildman–Crippen LogP) is 4.94. The lowest BCUT2D eigenvalue weighted by Crippen LogP contribution is -1.89. The summed E-state index contributed by atoms with van der Waals surface area (Å²) in [6, 6.07) is 19.9. The van der Waals surface area contributed by atoms with Crippen LogP contribution in [-0.2, 0) is 0 Å². The standard InChI is InChI=1S/C21H19NO2/c1-23-19-10-11-21(24-2)18(15-19)9-8-16-12-13-22-20(14-16)17-6-4-3-5-7-17/h3-15H,1-2H3/b9-8+. The van der Waals surface area contributed by atoms with Crippen molar-refractivity contribution in [1.29, 1.82) is 0 Å². The van der Waals surface area contributed by atoms with Crippen LogP contribution in [0.2, 0.25) is 0 Å². The Balaban J connectivity index is 1.90. The zero-order chi connectivity index (χ0) is 16.8. The normalized spacial score (nSPS) is 10.8. The molecule has 0 N–H and O–H groups in total. The second-order valence-electron chi connectivity index (χ2n) is 5.28. The van der Waals surface area contributed by atoms with Gasteiger partial charge < -0.3 is 9.47 Å². The molecule has 2 aromatic carbocycles. The first-order chi connectivity index (χ1) is 11.8. The third kappa shape index (κ3) is 3.63. The van der Waals surface area contributed by atoms with Crippen LogP contribution in [0.25, 0.3) is 23.4 Å². The van der Waals surface area contributed by atoms with E-state index in [4.69, 9.17) is 9.47 Å². The number of pyridine rings is 1. The number of benzene rings is 2. The maximum absolute atomic E-state index is 5.41. The Hall–Kier alpha value is -3.07. The highest BCUT2D eigenvalue weighted by atomic mass is 16.5. The molecule has 0 saturated heterocycles. The molecule has 0 amide bonds. The van der Waals surface area contributed by atoms with Gasteiger partial charge in [0, 0.05) is 17.3 Å². The van der Waals surface area contributed by atoms with E-state index in [1.807, 2.05) is 60.8 Å². The van der Waals surface area contributed by atoms with E-state index >= 15 is 0 Å². The molecule has 0 saturated carbocycles. The van der Waals surface area contributed by atoms with Gasteiger partial charge in [-0.2, -0.15) is 0 Å². The molecule has 3 aromatic rings. The van der Waals surface area contributed by atoms with Gasteiger partial charge in [0.05, 0.1) is 19.9 Å².